The highest BCUT2D eigenvalue weighted by Gasteiger charge is 2.12. The Bertz CT molecular complexity index is 303. The molecule has 1 aromatic heterocycles. The Morgan fingerprint density at radius 2 is 2.07 bits per heavy atom. The van der Waals surface area contributed by atoms with Gasteiger partial charge in [-0.2, -0.15) is 4.98 Å². The van der Waals surface area contributed by atoms with Crippen molar-refractivity contribution >= 4 is 23.4 Å². The van der Waals surface area contributed by atoms with E-state index in [9.17, 15) is 0 Å². The summed E-state index contributed by atoms with van der Waals surface area (Å²) >= 11 is 5.80. The summed E-state index contributed by atoms with van der Waals surface area (Å²) in [4.78, 5) is 10.1. The number of hydrogen-bond acceptors (Lipinski definition) is 5. The average Bonchev–Trinajstić information content (AvgIpc) is 2.18. The van der Waals surface area contributed by atoms with Gasteiger partial charge in [-0.25, -0.2) is 4.98 Å². The van der Waals surface area contributed by atoms with Gasteiger partial charge >= 0.3 is 0 Å². The first-order chi connectivity index (χ1) is 6.75. The number of nitrogen functional groups attached to an aromatic ring is 1. The van der Waals surface area contributed by atoms with Crippen LogP contribution in [0.1, 0.15) is 0 Å². The Morgan fingerprint density at radius 3 is 2.71 bits per heavy atom. The van der Waals surface area contributed by atoms with Crippen molar-refractivity contribution in [3.05, 3.63) is 11.2 Å². The fourth-order valence-corrected chi connectivity index (χ4v) is 1.66. The molecule has 1 aliphatic rings. The lowest BCUT2D eigenvalue weighted by Crippen LogP contribution is -2.44. The number of anilines is 2. The lowest BCUT2D eigenvalue weighted by Gasteiger charge is -2.28. The van der Waals surface area contributed by atoms with E-state index in [0.717, 1.165) is 32.0 Å². The number of piperazine rings is 1. The van der Waals surface area contributed by atoms with Gasteiger partial charge in [0.05, 0.1) is 0 Å². The van der Waals surface area contributed by atoms with Crippen molar-refractivity contribution < 1.29 is 0 Å². The molecular formula is C8H12ClN5. The number of nitrogens with two attached hydrogens (primary N) is 1. The van der Waals surface area contributed by atoms with Gasteiger partial charge in [-0.05, 0) is 0 Å². The fraction of sp³-hybridized carbons (Fsp3) is 0.500. The molecule has 6 heteroatoms. The van der Waals surface area contributed by atoms with Gasteiger partial charge in [0, 0.05) is 32.2 Å². The van der Waals surface area contributed by atoms with E-state index < -0.39 is 0 Å². The summed E-state index contributed by atoms with van der Waals surface area (Å²) in [6, 6.07) is 1.74. The van der Waals surface area contributed by atoms with Crippen molar-refractivity contribution in [3.8, 4) is 0 Å². The second kappa shape index (κ2) is 3.98. The molecule has 76 valence electrons. The highest BCUT2D eigenvalue weighted by atomic mass is 35.5. The third kappa shape index (κ3) is 2.05. The zero-order valence-corrected chi connectivity index (χ0v) is 8.46. The van der Waals surface area contributed by atoms with Crippen molar-refractivity contribution in [1.29, 1.82) is 0 Å². The van der Waals surface area contributed by atoms with Gasteiger partial charge in [0.25, 0.3) is 0 Å². The number of hydrogen-bond donors (Lipinski definition) is 2. The summed E-state index contributed by atoms with van der Waals surface area (Å²) in [5.41, 5.74) is 5.52. The van der Waals surface area contributed by atoms with Gasteiger partial charge < -0.3 is 16.0 Å². The summed E-state index contributed by atoms with van der Waals surface area (Å²) in [5, 5.41) is 3.66. The molecule has 0 atom stereocenters. The quantitative estimate of drug-likeness (QED) is 0.649. The Hall–Kier alpha value is -1.07. The zero-order valence-electron chi connectivity index (χ0n) is 7.70. The molecule has 0 amide bonds. The summed E-state index contributed by atoms with van der Waals surface area (Å²) in [5.74, 6) is 1.04. The molecule has 0 aromatic carbocycles. The van der Waals surface area contributed by atoms with Gasteiger partial charge in [0.15, 0.2) is 0 Å². The average molecular weight is 214 g/mol. The van der Waals surface area contributed by atoms with E-state index in [4.69, 9.17) is 17.3 Å². The van der Waals surface area contributed by atoms with Crippen LogP contribution in [-0.4, -0.2) is 36.1 Å². The number of aromatic nitrogens is 2. The Morgan fingerprint density at radius 1 is 1.36 bits per heavy atom. The maximum absolute atomic E-state index is 5.80. The number of halogens is 1. The first-order valence-corrected chi connectivity index (χ1v) is 4.89. The normalized spacial score (nSPS) is 17.1. The number of nitrogens with zero attached hydrogens (tertiary/aromatic N) is 3. The molecule has 1 fully saturated rings. The Labute approximate surface area is 87.3 Å². The zero-order chi connectivity index (χ0) is 9.97. The van der Waals surface area contributed by atoms with Crippen LogP contribution in [0.25, 0.3) is 0 Å². The van der Waals surface area contributed by atoms with Crippen LogP contribution in [0.15, 0.2) is 6.07 Å². The maximum Gasteiger partial charge on any atom is 0.223 e. The van der Waals surface area contributed by atoms with E-state index in [1.165, 1.54) is 0 Å². The molecule has 2 rings (SSSR count). The van der Waals surface area contributed by atoms with Gasteiger partial charge in [-0.1, -0.05) is 11.6 Å². The largest absolute Gasteiger partial charge is 0.368 e. The van der Waals surface area contributed by atoms with Gasteiger partial charge in [0.1, 0.15) is 11.0 Å². The van der Waals surface area contributed by atoms with E-state index in [1.54, 1.807) is 6.07 Å². The number of rotatable bonds is 1. The molecule has 1 aliphatic heterocycles. The van der Waals surface area contributed by atoms with Gasteiger partial charge in [-0.15, -0.1) is 0 Å². The summed E-state index contributed by atoms with van der Waals surface area (Å²) in [7, 11) is 0. The van der Waals surface area contributed by atoms with E-state index in [-0.39, 0.29) is 5.95 Å². The highest BCUT2D eigenvalue weighted by molar-refractivity contribution is 6.29. The third-order valence-corrected chi connectivity index (χ3v) is 2.33. The first-order valence-electron chi connectivity index (χ1n) is 4.51. The van der Waals surface area contributed by atoms with Crippen LogP contribution in [0.3, 0.4) is 0 Å². The summed E-state index contributed by atoms with van der Waals surface area (Å²) in [6.45, 7) is 3.77. The van der Waals surface area contributed by atoms with Gasteiger partial charge in [0.2, 0.25) is 5.95 Å². The summed E-state index contributed by atoms with van der Waals surface area (Å²) in [6.07, 6.45) is 0. The van der Waals surface area contributed by atoms with Crippen LogP contribution in [0.5, 0.6) is 0 Å². The molecule has 2 heterocycles. The molecule has 1 aromatic rings. The predicted octanol–water partition coefficient (Wildman–Crippen LogP) is 0.122. The molecule has 0 radical (unpaired) electrons. The van der Waals surface area contributed by atoms with Crippen LogP contribution >= 0.6 is 11.6 Å². The molecule has 5 nitrogen and oxygen atoms in total. The van der Waals surface area contributed by atoms with Crippen LogP contribution < -0.4 is 16.0 Å². The van der Waals surface area contributed by atoms with Crippen molar-refractivity contribution in [2.24, 2.45) is 0 Å². The van der Waals surface area contributed by atoms with Crippen LogP contribution in [0.4, 0.5) is 11.8 Å². The predicted molar refractivity (Wildman–Crippen MR) is 56.5 cm³/mol. The molecule has 0 saturated carbocycles. The molecule has 14 heavy (non-hydrogen) atoms. The molecule has 0 bridgehead atoms. The highest BCUT2D eigenvalue weighted by Crippen LogP contribution is 2.16. The monoisotopic (exact) mass is 213 g/mol. The lowest BCUT2D eigenvalue weighted by atomic mass is 10.3. The minimum atomic E-state index is 0.228. The maximum atomic E-state index is 5.80. The molecule has 1 saturated heterocycles. The summed E-state index contributed by atoms with van der Waals surface area (Å²) < 4.78 is 0. The minimum Gasteiger partial charge on any atom is -0.368 e. The SMILES string of the molecule is Nc1nc(Cl)cc(N2CCNCC2)n1. The minimum absolute atomic E-state index is 0.228. The molecular weight excluding hydrogens is 202 g/mol. The second-order valence-corrected chi connectivity index (χ2v) is 3.53. The van der Waals surface area contributed by atoms with Gasteiger partial charge in [-0.3, -0.25) is 0 Å². The van der Waals surface area contributed by atoms with Crippen molar-refractivity contribution in [2.45, 2.75) is 0 Å². The smallest absolute Gasteiger partial charge is 0.223 e. The molecule has 0 aliphatic carbocycles. The number of nitrogens with one attached hydrogen (secondary N) is 1. The van der Waals surface area contributed by atoms with Crippen molar-refractivity contribution in [3.63, 3.8) is 0 Å². The third-order valence-electron chi connectivity index (χ3n) is 2.14. The molecule has 0 spiro atoms. The lowest BCUT2D eigenvalue weighted by molar-refractivity contribution is 0.585. The molecule has 3 N–H and O–H groups in total. The van der Waals surface area contributed by atoms with Crippen molar-refractivity contribution in [2.75, 3.05) is 36.8 Å². The Kier molecular flexibility index (Phi) is 2.69. The topological polar surface area (TPSA) is 67.1 Å². The Balaban J connectivity index is 2.21. The first kappa shape index (κ1) is 9.48. The second-order valence-electron chi connectivity index (χ2n) is 3.14. The molecule has 0 unspecified atom stereocenters. The van der Waals surface area contributed by atoms with Crippen LogP contribution in [0, 0.1) is 0 Å². The van der Waals surface area contributed by atoms with E-state index in [1.807, 2.05) is 0 Å². The van der Waals surface area contributed by atoms with Crippen LogP contribution in [0.2, 0.25) is 5.15 Å². The van der Waals surface area contributed by atoms with E-state index >= 15 is 0 Å². The van der Waals surface area contributed by atoms with E-state index in [0.29, 0.717) is 5.15 Å². The fourth-order valence-electron chi connectivity index (χ4n) is 1.48. The van der Waals surface area contributed by atoms with E-state index in [2.05, 4.69) is 20.2 Å². The van der Waals surface area contributed by atoms with Crippen molar-refractivity contribution in [1.82, 2.24) is 15.3 Å². The van der Waals surface area contributed by atoms with Crippen LogP contribution in [-0.2, 0) is 0 Å². The standard InChI is InChI=1S/C8H12ClN5/c9-6-5-7(13-8(10)12-6)14-3-1-11-2-4-14/h5,11H,1-4H2,(H2,10,12,13).